The molecule has 0 aliphatic heterocycles. The van der Waals surface area contributed by atoms with E-state index in [0.717, 1.165) is 38.5 Å². The monoisotopic (exact) mass is 396 g/mol. The fourth-order valence-corrected chi connectivity index (χ4v) is 3.36. The van der Waals surface area contributed by atoms with Crippen LogP contribution < -0.4 is 0 Å². The second-order valence-corrected chi connectivity index (χ2v) is 8.79. The summed E-state index contributed by atoms with van der Waals surface area (Å²) >= 11 is 0. The van der Waals surface area contributed by atoms with Crippen LogP contribution in [-0.4, -0.2) is 17.5 Å². The van der Waals surface area contributed by atoms with Gasteiger partial charge in [0.25, 0.3) is 0 Å². The Labute approximate surface area is 174 Å². The van der Waals surface area contributed by atoms with Gasteiger partial charge in [0.2, 0.25) is 5.78 Å². The molecule has 4 heteroatoms. The first kappa shape index (κ1) is 22.8. The van der Waals surface area contributed by atoms with Crippen molar-refractivity contribution in [2.45, 2.75) is 72.6 Å². The SMILES string of the molecule is CC(=O)OC1=C(CCCCCCC=CCC(C)(C)C)C(=O)c2ccccc2C1=O. The van der Waals surface area contributed by atoms with Crippen molar-refractivity contribution in [3.05, 3.63) is 58.9 Å². The number of carbonyl (C=O) groups excluding carboxylic acids is 3. The first-order valence-electron chi connectivity index (χ1n) is 10.5. The topological polar surface area (TPSA) is 60.4 Å². The van der Waals surface area contributed by atoms with Crippen molar-refractivity contribution in [3.8, 4) is 0 Å². The highest BCUT2D eigenvalue weighted by atomic mass is 16.5. The van der Waals surface area contributed by atoms with Crippen molar-refractivity contribution in [1.29, 1.82) is 0 Å². The Morgan fingerprint density at radius 2 is 1.55 bits per heavy atom. The molecule has 0 bridgehead atoms. The zero-order valence-electron chi connectivity index (χ0n) is 18.0. The molecule has 0 fully saturated rings. The van der Waals surface area contributed by atoms with Gasteiger partial charge in [0, 0.05) is 23.6 Å². The number of allylic oxidation sites excluding steroid dienone is 4. The molecule has 156 valence electrons. The summed E-state index contributed by atoms with van der Waals surface area (Å²) in [5.74, 6) is -1.26. The van der Waals surface area contributed by atoms with E-state index in [2.05, 4.69) is 32.9 Å². The molecule has 0 N–H and O–H groups in total. The van der Waals surface area contributed by atoms with E-state index >= 15 is 0 Å². The maximum atomic E-state index is 12.9. The number of ether oxygens (including phenoxy) is 1. The molecule has 0 heterocycles. The molecule has 0 spiro atoms. The van der Waals surface area contributed by atoms with Crippen molar-refractivity contribution in [2.75, 3.05) is 0 Å². The number of benzene rings is 1. The summed E-state index contributed by atoms with van der Waals surface area (Å²) in [6, 6.07) is 6.70. The van der Waals surface area contributed by atoms with Gasteiger partial charge in [-0.05, 0) is 37.5 Å². The van der Waals surface area contributed by atoms with Gasteiger partial charge in [-0.1, -0.05) is 70.0 Å². The van der Waals surface area contributed by atoms with Crippen LogP contribution in [0.3, 0.4) is 0 Å². The molecule has 1 aromatic carbocycles. The number of ketones is 2. The van der Waals surface area contributed by atoms with Gasteiger partial charge < -0.3 is 4.74 Å². The lowest BCUT2D eigenvalue weighted by molar-refractivity contribution is -0.136. The lowest BCUT2D eigenvalue weighted by Crippen LogP contribution is -2.24. The van der Waals surface area contributed by atoms with E-state index in [1.165, 1.54) is 6.92 Å². The number of esters is 1. The van der Waals surface area contributed by atoms with E-state index in [4.69, 9.17) is 4.74 Å². The van der Waals surface area contributed by atoms with E-state index in [-0.39, 0.29) is 17.3 Å². The van der Waals surface area contributed by atoms with Crippen molar-refractivity contribution in [2.24, 2.45) is 5.41 Å². The van der Waals surface area contributed by atoms with Crippen LogP contribution in [-0.2, 0) is 9.53 Å². The third-order valence-corrected chi connectivity index (χ3v) is 4.86. The van der Waals surface area contributed by atoms with E-state index in [9.17, 15) is 14.4 Å². The number of rotatable bonds is 9. The quantitative estimate of drug-likeness (QED) is 0.283. The van der Waals surface area contributed by atoms with Crippen molar-refractivity contribution < 1.29 is 19.1 Å². The zero-order valence-corrected chi connectivity index (χ0v) is 18.0. The van der Waals surface area contributed by atoms with Gasteiger partial charge in [-0.3, -0.25) is 14.4 Å². The number of Topliss-reactive ketones (excluding diaryl/α,β-unsaturated/α-hetero) is 2. The van der Waals surface area contributed by atoms with Crippen LogP contribution in [0.1, 0.15) is 93.4 Å². The van der Waals surface area contributed by atoms with Crippen LogP contribution in [0.25, 0.3) is 0 Å². The van der Waals surface area contributed by atoms with Gasteiger partial charge in [0.15, 0.2) is 11.5 Å². The number of hydrogen-bond donors (Lipinski definition) is 0. The summed E-state index contributed by atoms with van der Waals surface area (Å²) < 4.78 is 5.15. The smallest absolute Gasteiger partial charge is 0.308 e. The highest BCUT2D eigenvalue weighted by Gasteiger charge is 2.33. The second kappa shape index (κ2) is 10.3. The molecule has 1 aliphatic carbocycles. The van der Waals surface area contributed by atoms with Crippen LogP contribution in [0.5, 0.6) is 0 Å². The van der Waals surface area contributed by atoms with Crippen LogP contribution in [0.4, 0.5) is 0 Å². The van der Waals surface area contributed by atoms with E-state index in [1.54, 1.807) is 24.3 Å². The van der Waals surface area contributed by atoms with Gasteiger partial charge in [0.1, 0.15) is 0 Å². The molecule has 0 aromatic heterocycles. The number of fused-ring (bicyclic) bond motifs is 1. The minimum absolute atomic E-state index is 0.0914. The van der Waals surface area contributed by atoms with Crippen LogP contribution in [0.15, 0.2) is 47.7 Å². The maximum Gasteiger partial charge on any atom is 0.308 e. The van der Waals surface area contributed by atoms with Crippen LogP contribution in [0.2, 0.25) is 0 Å². The second-order valence-electron chi connectivity index (χ2n) is 8.79. The predicted octanol–water partition coefficient (Wildman–Crippen LogP) is 6.22. The number of carbonyl (C=O) groups is 3. The molecule has 0 saturated heterocycles. The maximum absolute atomic E-state index is 12.9. The minimum Gasteiger partial charge on any atom is -0.422 e. The Morgan fingerprint density at radius 1 is 0.931 bits per heavy atom. The summed E-state index contributed by atoms with van der Waals surface area (Å²) in [5.41, 5.74) is 1.35. The Morgan fingerprint density at radius 3 is 2.17 bits per heavy atom. The van der Waals surface area contributed by atoms with Gasteiger partial charge >= 0.3 is 5.97 Å². The summed E-state index contributed by atoms with van der Waals surface area (Å²) in [7, 11) is 0. The number of hydrogen-bond acceptors (Lipinski definition) is 4. The molecule has 0 atom stereocenters. The number of unbranched alkanes of at least 4 members (excludes halogenated alkanes) is 4. The summed E-state index contributed by atoms with van der Waals surface area (Å²) in [6.45, 7) is 7.93. The molecular formula is C25H32O4. The molecule has 1 aliphatic rings. The Balaban J connectivity index is 1.91. The first-order chi connectivity index (χ1) is 13.7. The summed E-state index contributed by atoms with van der Waals surface area (Å²) in [6.07, 6.45) is 11.0. The van der Waals surface area contributed by atoms with Crippen LogP contribution in [0, 0.1) is 5.41 Å². The molecule has 1 aromatic rings. The molecule has 0 saturated carbocycles. The molecule has 2 rings (SSSR count). The third kappa shape index (κ3) is 6.81. The van der Waals surface area contributed by atoms with Gasteiger partial charge in [-0.2, -0.15) is 0 Å². The highest BCUT2D eigenvalue weighted by molar-refractivity contribution is 6.26. The third-order valence-electron chi connectivity index (χ3n) is 4.86. The Hall–Kier alpha value is -2.49. The average molecular weight is 397 g/mol. The zero-order chi connectivity index (χ0) is 21.4. The van der Waals surface area contributed by atoms with E-state index in [0.29, 0.717) is 28.5 Å². The minimum atomic E-state index is -0.583. The molecule has 0 unspecified atom stereocenters. The molecule has 29 heavy (non-hydrogen) atoms. The molecule has 0 amide bonds. The Bertz CT molecular complexity index is 821. The standard InChI is InChI=1S/C25H32O4/c1-18(26)29-24-21(22(27)19-14-11-12-15-20(19)23(24)28)16-10-8-6-5-7-9-13-17-25(2,3)4/h9,11-15H,5-8,10,16-17H2,1-4H3. The molecule has 4 nitrogen and oxygen atoms in total. The lowest BCUT2D eigenvalue weighted by Gasteiger charge is -2.20. The average Bonchev–Trinajstić information content (AvgIpc) is 2.65. The highest BCUT2D eigenvalue weighted by Crippen LogP contribution is 2.30. The fraction of sp³-hybridized carbons (Fsp3) is 0.480. The largest absolute Gasteiger partial charge is 0.422 e. The van der Waals surface area contributed by atoms with Crippen molar-refractivity contribution in [1.82, 2.24) is 0 Å². The predicted molar refractivity (Wildman–Crippen MR) is 115 cm³/mol. The lowest BCUT2D eigenvalue weighted by atomic mass is 9.86. The fourth-order valence-electron chi connectivity index (χ4n) is 3.36. The summed E-state index contributed by atoms with van der Waals surface area (Å²) in [5, 5.41) is 0. The Kier molecular flexibility index (Phi) is 8.12. The van der Waals surface area contributed by atoms with Gasteiger partial charge in [0.05, 0.1) is 0 Å². The van der Waals surface area contributed by atoms with Crippen LogP contribution >= 0.6 is 0 Å². The van der Waals surface area contributed by atoms with Crippen molar-refractivity contribution >= 4 is 17.5 Å². The molecule has 0 radical (unpaired) electrons. The first-order valence-corrected chi connectivity index (χ1v) is 10.5. The summed E-state index contributed by atoms with van der Waals surface area (Å²) in [4.78, 5) is 37.0. The van der Waals surface area contributed by atoms with E-state index < -0.39 is 5.97 Å². The van der Waals surface area contributed by atoms with Gasteiger partial charge in [-0.15, -0.1) is 0 Å². The normalized spacial score (nSPS) is 14.5. The molecular weight excluding hydrogens is 364 g/mol. The van der Waals surface area contributed by atoms with E-state index in [1.807, 2.05) is 0 Å². The van der Waals surface area contributed by atoms with Crippen molar-refractivity contribution in [3.63, 3.8) is 0 Å². The van der Waals surface area contributed by atoms with Gasteiger partial charge in [-0.25, -0.2) is 0 Å².